The highest BCUT2D eigenvalue weighted by Crippen LogP contribution is 2.26. The van der Waals surface area contributed by atoms with Crippen molar-refractivity contribution < 1.29 is 8.42 Å². The molecule has 0 radical (unpaired) electrons. The normalized spacial score (nSPS) is 31.9. The van der Waals surface area contributed by atoms with Gasteiger partial charge in [0.05, 0.1) is 6.26 Å². The second-order valence-electron chi connectivity index (χ2n) is 3.60. The van der Waals surface area contributed by atoms with Crippen LogP contribution in [0.25, 0.3) is 0 Å². The Kier molecular flexibility index (Phi) is 3.65. The Morgan fingerprint density at radius 3 is 2.46 bits per heavy atom. The van der Waals surface area contributed by atoms with Crippen LogP contribution in [0.5, 0.6) is 0 Å². The maximum absolute atomic E-state index is 11.3. The van der Waals surface area contributed by atoms with Gasteiger partial charge in [0.25, 0.3) is 0 Å². The fourth-order valence-corrected chi connectivity index (χ4v) is 3.80. The second-order valence-corrected chi connectivity index (χ2v) is 6.68. The van der Waals surface area contributed by atoms with Gasteiger partial charge in [-0.05, 0) is 26.0 Å². The number of piperidine rings is 1. The van der Waals surface area contributed by atoms with Crippen LogP contribution in [-0.2, 0) is 10.0 Å². The van der Waals surface area contributed by atoms with E-state index in [1.54, 1.807) is 4.31 Å². The van der Waals surface area contributed by atoms with E-state index in [-0.39, 0.29) is 6.04 Å². The zero-order valence-corrected chi connectivity index (χ0v) is 9.99. The van der Waals surface area contributed by atoms with Crippen molar-refractivity contribution in [1.82, 2.24) is 4.31 Å². The number of hydrogen-bond acceptors (Lipinski definition) is 3. The summed E-state index contributed by atoms with van der Waals surface area (Å²) in [5, 5.41) is 0.632. The van der Waals surface area contributed by atoms with Crippen LogP contribution < -0.4 is 0 Å². The van der Waals surface area contributed by atoms with Crippen molar-refractivity contribution in [2.75, 3.05) is 19.1 Å². The minimum absolute atomic E-state index is 0.168. The summed E-state index contributed by atoms with van der Waals surface area (Å²) in [5.74, 6) is 0. The van der Waals surface area contributed by atoms with E-state index in [1.807, 2.05) is 18.7 Å². The molecule has 1 aliphatic heterocycles. The minimum Gasteiger partial charge on any atom is -0.212 e. The van der Waals surface area contributed by atoms with Gasteiger partial charge in [-0.25, -0.2) is 8.42 Å². The maximum atomic E-state index is 11.3. The van der Waals surface area contributed by atoms with Crippen molar-refractivity contribution in [3.05, 3.63) is 0 Å². The van der Waals surface area contributed by atoms with Gasteiger partial charge in [-0.15, -0.1) is 0 Å². The molecule has 0 aromatic carbocycles. The molecule has 13 heavy (non-hydrogen) atoms. The van der Waals surface area contributed by atoms with Crippen LogP contribution in [0.4, 0.5) is 0 Å². The maximum Gasteiger partial charge on any atom is 0.211 e. The molecule has 5 heteroatoms. The summed E-state index contributed by atoms with van der Waals surface area (Å²) in [7, 11) is -2.98. The molecule has 1 aliphatic rings. The average molecular weight is 223 g/mol. The highest BCUT2D eigenvalue weighted by atomic mass is 32.2. The minimum atomic E-state index is -2.98. The van der Waals surface area contributed by atoms with Gasteiger partial charge in [0.2, 0.25) is 10.0 Å². The standard InChI is InChI=1S/C8H17NO2S2/c1-7-6-8(12-2)4-5-9(7)13(3,10)11/h7-8H,4-6H2,1-3H3. The summed E-state index contributed by atoms with van der Waals surface area (Å²) in [6.45, 7) is 2.68. The number of rotatable bonds is 2. The fourth-order valence-electron chi connectivity index (χ4n) is 1.81. The summed E-state index contributed by atoms with van der Waals surface area (Å²) >= 11 is 1.84. The van der Waals surface area contributed by atoms with Crippen LogP contribution in [0, 0.1) is 0 Å². The number of thioether (sulfide) groups is 1. The van der Waals surface area contributed by atoms with E-state index in [4.69, 9.17) is 0 Å². The average Bonchev–Trinajstić information content (AvgIpc) is 2.01. The number of hydrogen-bond donors (Lipinski definition) is 0. The lowest BCUT2D eigenvalue weighted by molar-refractivity contribution is 0.276. The lowest BCUT2D eigenvalue weighted by atomic mass is 10.1. The van der Waals surface area contributed by atoms with E-state index in [9.17, 15) is 8.42 Å². The van der Waals surface area contributed by atoms with Gasteiger partial charge in [0, 0.05) is 17.8 Å². The molecule has 2 unspecified atom stereocenters. The van der Waals surface area contributed by atoms with Crippen molar-refractivity contribution in [3.8, 4) is 0 Å². The Hall–Kier alpha value is 0.260. The third kappa shape index (κ3) is 2.86. The van der Waals surface area contributed by atoms with Crippen LogP contribution >= 0.6 is 11.8 Å². The highest BCUT2D eigenvalue weighted by molar-refractivity contribution is 7.99. The molecule has 1 fully saturated rings. The molecule has 0 aliphatic carbocycles. The highest BCUT2D eigenvalue weighted by Gasteiger charge is 2.30. The molecule has 0 spiro atoms. The first kappa shape index (κ1) is 11.3. The van der Waals surface area contributed by atoms with E-state index in [2.05, 4.69) is 6.26 Å². The van der Waals surface area contributed by atoms with Gasteiger partial charge in [-0.1, -0.05) is 0 Å². The molecule has 0 saturated carbocycles. The van der Waals surface area contributed by atoms with Crippen molar-refractivity contribution in [3.63, 3.8) is 0 Å². The first-order valence-corrected chi connectivity index (χ1v) is 7.58. The first-order chi connectivity index (χ1) is 5.95. The third-order valence-corrected chi connectivity index (χ3v) is 5.02. The van der Waals surface area contributed by atoms with E-state index >= 15 is 0 Å². The molecule has 0 aromatic heterocycles. The van der Waals surface area contributed by atoms with Gasteiger partial charge in [-0.3, -0.25) is 0 Å². The Labute approximate surface area is 84.9 Å². The van der Waals surface area contributed by atoms with Gasteiger partial charge in [0.1, 0.15) is 0 Å². The number of sulfonamides is 1. The summed E-state index contributed by atoms with van der Waals surface area (Å²) in [6, 6.07) is 0.168. The topological polar surface area (TPSA) is 37.4 Å². The first-order valence-electron chi connectivity index (χ1n) is 4.44. The molecule has 0 N–H and O–H groups in total. The van der Waals surface area contributed by atoms with E-state index in [0.29, 0.717) is 11.8 Å². The molecule has 3 nitrogen and oxygen atoms in total. The Balaban J connectivity index is 2.64. The van der Waals surface area contributed by atoms with Gasteiger partial charge >= 0.3 is 0 Å². The van der Waals surface area contributed by atoms with E-state index < -0.39 is 10.0 Å². The second kappa shape index (κ2) is 4.19. The van der Waals surface area contributed by atoms with Crippen molar-refractivity contribution in [2.24, 2.45) is 0 Å². The molecular weight excluding hydrogens is 206 g/mol. The van der Waals surface area contributed by atoms with Crippen LogP contribution in [0.15, 0.2) is 0 Å². The van der Waals surface area contributed by atoms with Gasteiger partial charge in [-0.2, -0.15) is 16.1 Å². The smallest absolute Gasteiger partial charge is 0.211 e. The molecule has 78 valence electrons. The van der Waals surface area contributed by atoms with Gasteiger partial charge in [0.15, 0.2) is 0 Å². The lowest BCUT2D eigenvalue weighted by Crippen LogP contribution is -2.44. The predicted molar refractivity (Wildman–Crippen MR) is 57.5 cm³/mol. The summed E-state index contributed by atoms with van der Waals surface area (Å²) in [4.78, 5) is 0. The van der Waals surface area contributed by atoms with Crippen molar-refractivity contribution in [2.45, 2.75) is 31.1 Å². The summed E-state index contributed by atoms with van der Waals surface area (Å²) in [5.41, 5.74) is 0. The SMILES string of the molecule is CSC1CCN(S(C)(=O)=O)C(C)C1. The molecule has 0 bridgehead atoms. The van der Waals surface area contributed by atoms with Crippen LogP contribution in [0.2, 0.25) is 0 Å². The molecule has 2 atom stereocenters. The number of nitrogens with zero attached hydrogens (tertiary/aromatic N) is 1. The fraction of sp³-hybridized carbons (Fsp3) is 1.00. The summed E-state index contributed by atoms with van der Waals surface area (Å²) in [6.07, 6.45) is 5.35. The molecule has 1 heterocycles. The Bertz CT molecular complexity index is 263. The third-order valence-electron chi connectivity index (χ3n) is 2.53. The predicted octanol–water partition coefficient (Wildman–Crippen LogP) is 1.16. The largest absolute Gasteiger partial charge is 0.212 e. The van der Waals surface area contributed by atoms with Gasteiger partial charge < -0.3 is 0 Å². The monoisotopic (exact) mass is 223 g/mol. The lowest BCUT2D eigenvalue weighted by Gasteiger charge is -2.35. The van der Waals surface area contributed by atoms with Crippen molar-refractivity contribution in [1.29, 1.82) is 0 Å². The molecule has 0 amide bonds. The van der Waals surface area contributed by atoms with Crippen LogP contribution in [-0.4, -0.2) is 43.1 Å². The Morgan fingerprint density at radius 2 is 2.08 bits per heavy atom. The molecule has 0 aromatic rings. The Morgan fingerprint density at radius 1 is 1.46 bits per heavy atom. The van der Waals surface area contributed by atoms with E-state index in [1.165, 1.54) is 6.26 Å². The zero-order valence-electron chi connectivity index (χ0n) is 8.36. The van der Waals surface area contributed by atoms with Crippen LogP contribution in [0.1, 0.15) is 19.8 Å². The van der Waals surface area contributed by atoms with Crippen LogP contribution in [0.3, 0.4) is 0 Å². The quantitative estimate of drug-likeness (QED) is 0.705. The van der Waals surface area contributed by atoms with E-state index in [0.717, 1.165) is 12.8 Å². The molecule has 1 saturated heterocycles. The molecular formula is C8H17NO2S2. The summed E-state index contributed by atoms with van der Waals surface area (Å²) < 4.78 is 24.2. The zero-order chi connectivity index (χ0) is 10.1. The molecule has 1 rings (SSSR count). The van der Waals surface area contributed by atoms with Crippen molar-refractivity contribution >= 4 is 21.8 Å².